The summed E-state index contributed by atoms with van der Waals surface area (Å²) in [4.78, 5) is 14.8. The number of amides is 1. The van der Waals surface area contributed by atoms with Gasteiger partial charge in [0, 0.05) is 20.6 Å². The number of likely N-dealkylation sites (N-methyl/N-ethyl adjacent to an activating group) is 1. The summed E-state index contributed by atoms with van der Waals surface area (Å²) in [7, 11) is 5.21. The second kappa shape index (κ2) is 11.0. The number of para-hydroxylation sites is 1. The molecular weight excluding hydrogens is 444 g/mol. The number of benzene rings is 3. The Bertz CT molecular complexity index is 1230. The molecule has 0 unspecified atom stereocenters. The van der Waals surface area contributed by atoms with Gasteiger partial charge in [0.1, 0.15) is 11.0 Å². The van der Waals surface area contributed by atoms with Crippen molar-refractivity contribution in [2.24, 2.45) is 0 Å². The number of ether oxygens (including phenoxy) is 1. The Morgan fingerprint density at radius 2 is 1.59 bits per heavy atom. The highest BCUT2D eigenvalue weighted by Crippen LogP contribution is 2.38. The molecule has 0 radical (unpaired) electrons. The molecule has 34 heavy (non-hydrogen) atoms. The maximum absolute atomic E-state index is 13.1. The summed E-state index contributed by atoms with van der Waals surface area (Å²) < 4.78 is 7.69. The standard InChI is InChI=1S/C27H28N4O2S/c1-30(2)26(32)24(21-14-8-5-9-15-21)34-27-29-28-25(22-16-10-11-17-23(22)33-3)31(27)19-18-20-12-6-4-7-13-20/h4-17,24H,18-19H2,1-3H3/t24-/m1/s1. The predicted octanol–water partition coefficient (Wildman–Crippen LogP) is 5.12. The van der Waals surface area contributed by atoms with E-state index >= 15 is 0 Å². The molecule has 6 nitrogen and oxygen atoms in total. The van der Waals surface area contributed by atoms with E-state index in [4.69, 9.17) is 4.74 Å². The highest BCUT2D eigenvalue weighted by molar-refractivity contribution is 8.00. The first-order chi connectivity index (χ1) is 16.6. The van der Waals surface area contributed by atoms with E-state index < -0.39 is 5.25 Å². The lowest BCUT2D eigenvalue weighted by atomic mass is 10.1. The number of rotatable bonds is 9. The van der Waals surface area contributed by atoms with Crippen molar-refractivity contribution >= 4 is 17.7 Å². The van der Waals surface area contributed by atoms with Crippen molar-refractivity contribution in [3.63, 3.8) is 0 Å². The molecule has 1 heterocycles. The van der Waals surface area contributed by atoms with Crippen molar-refractivity contribution in [3.8, 4) is 17.1 Å². The summed E-state index contributed by atoms with van der Waals surface area (Å²) in [5, 5.41) is 9.35. The van der Waals surface area contributed by atoms with Crippen molar-refractivity contribution in [2.75, 3.05) is 21.2 Å². The first-order valence-corrected chi connectivity index (χ1v) is 12.0. The molecule has 0 N–H and O–H groups in total. The fourth-order valence-corrected chi connectivity index (χ4v) is 4.93. The fourth-order valence-electron chi connectivity index (χ4n) is 3.72. The normalized spacial score (nSPS) is 11.7. The molecule has 1 atom stereocenters. The van der Waals surface area contributed by atoms with E-state index in [0.717, 1.165) is 29.1 Å². The summed E-state index contributed by atoms with van der Waals surface area (Å²) >= 11 is 1.43. The van der Waals surface area contributed by atoms with Gasteiger partial charge >= 0.3 is 0 Å². The highest BCUT2D eigenvalue weighted by Gasteiger charge is 2.27. The first-order valence-electron chi connectivity index (χ1n) is 11.1. The quantitative estimate of drug-likeness (QED) is 0.317. The molecule has 4 rings (SSSR count). The van der Waals surface area contributed by atoms with Crippen molar-refractivity contribution in [2.45, 2.75) is 23.4 Å². The monoisotopic (exact) mass is 472 g/mol. The average Bonchev–Trinajstić information content (AvgIpc) is 3.28. The molecule has 1 aromatic heterocycles. The SMILES string of the molecule is COc1ccccc1-c1nnc(S[C@@H](C(=O)N(C)C)c2ccccc2)n1CCc1ccccc1. The highest BCUT2D eigenvalue weighted by atomic mass is 32.2. The number of aromatic nitrogens is 3. The Hall–Kier alpha value is -3.58. The maximum Gasteiger partial charge on any atom is 0.240 e. The smallest absolute Gasteiger partial charge is 0.240 e. The van der Waals surface area contributed by atoms with Crippen LogP contribution in [0, 0.1) is 0 Å². The zero-order valence-electron chi connectivity index (χ0n) is 19.6. The lowest BCUT2D eigenvalue weighted by molar-refractivity contribution is -0.128. The molecule has 0 spiro atoms. The van der Waals surface area contributed by atoms with E-state index in [9.17, 15) is 4.79 Å². The molecule has 0 aliphatic heterocycles. The molecule has 7 heteroatoms. The third-order valence-corrected chi connectivity index (χ3v) is 6.74. The van der Waals surface area contributed by atoms with Crippen LogP contribution in [0.3, 0.4) is 0 Å². The lowest BCUT2D eigenvalue weighted by Gasteiger charge is -2.21. The average molecular weight is 473 g/mol. The maximum atomic E-state index is 13.1. The summed E-state index contributed by atoms with van der Waals surface area (Å²) in [6.45, 7) is 0.671. The van der Waals surface area contributed by atoms with Crippen LogP contribution in [0.2, 0.25) is 0 Å². The molecule has 0 saturated carbocycles. The van der Waals surface area contributed by atoms with E-state index in [1.807, 2.05) is 72.8 Å². The summed E-state index contributed by atoms with van der Waals surface area (Å²) in [5.74, 6) is 1.46. The van der Waals surface area contributed by atoms with Crippen LogP contribution < -0.4 is 4.74 Å². The van der Waals surface area contributed by atoms with Gasteiger partial charge in [-0.15, -0.1) is 10.2 Å². The van der Waals surface area contributed by atoms with Crippen LogP contribution >= 0.6 is 11.8 Å². The summed E-state index contributed by atoms with van der Waals surface area (Å²) in [5.41, 5.74) is 3.03. The van der Waals surface area contributed by atoms with E-state index in [1.165, 1.54) is 17.3 Å². The van der Waals surface area contributed by atoms with E-state index in [2.05, 4.69) is 26.9 Å². The summed E-state index contributed by atoms with van der Waals surface area (Å²) in [6, 6.07) is 27.9. The molecule has 0 fully saturated rings. The number of carbonyl (C=O) groups excluding carboxylic acids is 1. The van der Waals surface area contributed by atoms with Gasteiger partial charge in [-0.3, -0.25) is 4.79 Å². The topological polar surface area (TPSA) is 60.3 Å². The van der Waals surface area contributed by atoms with Crippen LogP contribution in [0.25, 0.3) is 11.4 Å². The van der Waals surface area contributed by atoms with Crippen LogP contribution in [0.4, 0.5) is 0 Å². The largest absolute Gasteiger partial charge is 0.496 e. The minimum Gasteiger partial charge on any atom is -0.496 e. The molecule has 0 saturated heterocycles. The zero-order valence-corrected chi connectivity index (χ0v) is 20.4. The van der Waals surface area contributed by atoms with Gasteiger partial charge in [0.25, 0.3) is 0 Å². The number of hydrogen-bond donors (Lipinski definition) is 0. The Kier molecular flexibility index (Phi) is 7.65. The van der Waals surface area contributed by atoms with Crippen molar-refractivity contribution in [1.82, 2.24) is 19.7 Å². The van der Waals surface area contributed by atoms with Crippen LogP contribution in [0.5, 0.6) is 5.75 Å². The molecule has 0 aliphatic carbocycles. The van der Waals surface area contributed by atoms with Gasteiger partial charge < -0.3 is 14.2 Å². The number of nitrogens with zero attached hydrogens (tertiary/aromatic N) is 4. The van der Waals surface area contributed by atoms with Crippen molar-refractivity contribution in [1.29, 1.82) is 0 Å². The van der Waals surface area contributed by atoms with Crippen molar-refractivity contribution < 1.29 is 9.53 Å². The van der Waals surface area contributed by atoms with Gasteiger partial charge in [-0.2, -0.15) is 0 Å². The summed E-state index contributed by atoms with van der Waals surface area (Å²) in [6.07, 6.45) is 0.812. The Morgan fingerprint density at radius 3 is 2.26 bits per heavy atom. The zero-order chi connectivity index (χ0) is 23.9. The molecule has 0 bridgehead atoms. The number of hydrogen-bond acceptors (Lipinski definition) is 5. The number of carbonyl (C=O) groups is 1. The second-order valence-electron chi connectivity index (χ2n) is 8.03. The molecule has 3 aromatic carbocycles. The number of methoxy groups -OCH3 is 1. The number of aryl methyl sites for hydroxylation is 1. The molecule has 0 aliphatic rings. The Balaban J connectivity index is 1.75. The first kappa shape index (κ1) is 23.6. The Morgan fingerprint density at radius 1 is 0.941 bits per heavy atom. The minimum atomic E-state index is -0.429. The minimum absolute atomic E-state index is 0.00708. The molecular formula is C27H28N4O2S. The predicted molar refractivity (Wildman–Crippen MR) is 136 cm³/mol. The fraction of sp³-hybridized carbons (Fsp3) is 0.222. The van der Waals surface area contributed by atoms with E-state index in [-0.39, 0.29) is 5.91 Å². The lowest BCUT2D eigenvalue weighted by Crippen LogP contribution is -2.27. The number of thioether (sulfide) groups is 1. The second-order valence-corrected chi connectivity index (χ2v) is 9.11. The molecule has 1 amide bonds. The van der Waals surface area contributed by atoms with E-state index in [0.29, 0.717) is 11.7 Å². The van der Waals surface area contributed by atoms with Crippen LogP contribution in [-0.2, 0) is 17.8 Å². The van der Waals surface area contributed by atoms with Crippen LogP contribution in [-0.4, -0.2) is 46.8 Å². The van der Waals surface area contributed by atoms with Gasteiger partial charge in [0.15, 0.2) is 11.0 Å². The van der Waals surface area contributed by atoms with Gasteiger partial charge in [0.2, 0.25) is 5.91 Å². The van der Waals surface area contributed by atoms with Gasteiger partial charge in [-0.1, -0.05) is 84.6 Å². The Labute approximate surface area is 204 Å². The van der Waals surface area contributed by atoms with E-state index in [1.54, 1.807) is 26.1 Å². The van der Waals surface area contributed by atoms with Gasteiger partial charge in [-0.25, -0.2) is 0 Å². The third kappa shape index (κ3) is 5.31. The molecule has 4 aromatic rings. The molecule has 174 valence electrons. The van der Waals surface area contributed by atoms with Crippen LogP contribution in [0.1, 0.15) is 16.4 Å². The van der Waals surface area contributed by atoms with Gasteiger partial charge in [0.05, 0.1) is 12.7 Å². The van der Waals surface area contributed by atoms with Crippen molar-refractivity contribution in [3.05, 3.63) is 96.1 Å². The third-order valence-electron chi connectivity index (χ3n) is 5.52. The van der Waals surface area contributed by atoms with Crippen LogP contribution in [0.15, 0.2) is 90.1 Å². The van der Waals surface area contributed by atoms with Gasteiger partial charge in [-0.05, 0) is 29.7 Å².